The van der Waals surface area contributed by atoms with Crippen LogP contribution in [0.15, 0.2) is 334 Å². The normalized spacial score (nSPS) is 12.3. The van der Waals surface area contributed by atoms with Crippen molar-refractivity contribution in [3.05, 3.63) is 345 Å². The molecule has 0 bridgehead atoms. The van der Waals surface area contributed by atoms with Crippen LogP contribution in [-0.2, 0) is 10.8 Å². The SMILES string of the molecule is CC(C)(C)c1ccc2c(c1)c1cc(C(C)(C)C)ccc1n2-c1nc(-c2cc([Si](c3ccccc3)(c3ccccc3)c3ccc(-c4ccccc4)cc3)cc([Si](c3ccccc3)(c3ccccc3)c3ccc(-c4ccccc4)cc3)c2)nc(-n2c3ccccc3c3ccccc32)n1. The van der Waals surface area contributed by atoms with E-state index in [1.165, 1.54) is 74.9 Å². The molecule has 0 unspecified atom stereocenters. The predicted molar refractivity (Wildman–Crippen MR) is 409 cm³/mol. The molecule has 7 heteroatoms. The summed E-state index contributed by atoms with van der Waals surface area (Å²) in [5.74, 6) is 1.64. The summed E-state index contributed by atoms with van der Waals surface area (Å²) in [4.78, 5) is 17.7. The molecule has 3 aromatic heterocycles. The van der Waals surface area contributed by atoms with Gasteiger partial charge in [0.1, 0.15) is 0 Å². The molecular weight excluding hydrogens is 1200 g/mol. The van der Waals surface area contributed by atoms with Crippen molar-refractivity contribution in [1.82, 2.24) is 24.1 Å². The number of fused-ring (bicyclic) bond motifs is 6. The molecule has 16 rings (SSSR count). The fourth-order valence-corrected chi connectivity index (χ4v) is 24.8. The Labute approximate surface area is 564 Å². The van der Waals surface area contributed by atoms with Crippen molar-refractivity contribution in [1.29, 1.82) is 0 Å². The molecule has 0 fully saturated rings. The standard InChI is InChI=1S/C89H73N5Si2/c1-88(2,3)67-49-55-83-79(59-67)80-60-68(89(4,5)6)50-56-84(80)94(83)87-91-85(90-86(92-87)93-81-43-27-25-41-77(81)78-42-26-28-44-82(78)93)66-57-75(95(69-33-17-9-18-34-69,70-35-19-10-20-36-70)73-51-45-64(46-52-73)62-29-13-7-14-30-62)61-76(58-66)96(71-37-21-11-22-38-71,72-39-23-12-24-40-72)74-53-47-65(48-54-74)63-31-15-8-16-32-63/h7-61H,1-6H3. The largest absolute Gasteiger partial charge is 0.278 e. The van der Waals surface area contributed by atoms with Crippen molar-refractivity contribution < 1.29 is 0 Å². The first-order valence-electron chi connectivity index (χ1n) is 33.4. The number of benzene rings is 13. The molecule has 5 nitrogen and oxygen atoms in total. The molecule has 0 N–H and O–H groups in total. The highest BCUT2D eigenvalue weighted by atomic mass is 28.3. The molecule has 0 atom stereocenters. The zero-order valence-electron chi connectivity index (χ0n) is 55.0. The number of hydrogen-bond acceptors (Lipinski definition) is 3. The number of aromatic nitrogens is 5. The maximum Gasteiger partial charge on any atom is 0.240 e. The average molecular weight is 1270 g/mol. The highest BCUT2D eigenvalue weighted by Gasteiger charge is 2.46. The Bertz CT molecular complexity index is 5110. The first kappa shape index (κ1) is 59.9. The molecule has 13 aromatic carbocycles. The summed E-state index contributed by atoms with van der Waals surface area (Å²) < 4.78 is 4.56. The molecule has 3 heterocycles. The molecule has 0 aliphatic heterocycles. The van der Waals surface area contributed by atoms with E-state index in [9.17, 15) is 0 Å². The number of hydrogen-bond donors (Lipinski definition) is 0. The summed E-state index contributed by atoms with van der Waals surface area (Å²) in [5.41, 5.74) is 12.0. The van der Waals surface area contributed by atoms with Gasteiger partial charge in [0, 0.05) is 27.1 Å². The lowest BCUT2D eigenvalue weighted by molar-refractivity contribution is 0.590. The fraction of sp³-hybridized carbons (Fsp3) is 0.0899. The van der Waals surface area contributed by atoms with Gasteiger partial charge >= 0.3 is 0 Å². The van der Waals surface area contributed by atoms with E-state index in [1.807, 2.05) is 0 Å². The molecule has 0 aliphatic carbocycles. The first-order chi connectivity index (χ1) is 46.8. The molecule has 16 aromatic rings. The lowest BCUT2D eigenvalue weighted by atomic mass is 9.85. The van der Waals surface area contributed by atoms with Crippen molar-refractivity contribution in [3.63, 3.8) is 0 Å². The monoisotopic (exact) mass is 1270 g/mol. The van der Waals surface area contributed by atoms with Crippen LogP contribution in [0.1, 0.15) is 52.7 Å². The molecule has 96 heavy (non-hydrogen) atoms. The van der Waals surface area contributed by atoms with Gasteiger partial charge in [-0.05, 0) is 122 Å². The number of para-hydroxylation sites is 2. The summed E-state index contributed by atoms with van der Waals surface area (Å²) >= 11 is 0. The van der Waals surface area contributed by atoms with Gasteiger partial charge in [0.25, 0.3) is 0 Å². The zero-order valence-corrected chi connectivity index (χ0v) is 57.0. The van der Waals surface area contributed by atoms with E-state index in [-0.39, 0.29) is 10.8 Å². The van der Waals surface area contributed by atoms with Crippen LogP contribution in [0.2, 0.25) is 0 Å². The molecule has 0 spiro atoms. The minimum absolute atomic E-state index is 0.0963. The molecule has 0 saturated carbocycles. The Balaban J connectivity index is 1.08. The summed E-state index contributed by atoms with van der Waals surface area (Å²) in [7, 11) is -6.87. The van der Waals surface area contributed by atoms with Gasteiger partial charge in [0.15, 0.2) is 22.0 Å². The van der Waals surface area contributed by atoms with Crippen molar-refractivity contribution in [2.24, 2.45) is 0 Å². The lowest BCUT2D eigenvalue weighted by Crippen LogP contribution is -2.78. The molecule has 0 saturated heterocycles. The Morgan fingerprint density at radius 3 is 0.865 bits per heavy atom. The zero-order chi connectivity index (χ0) is 65.2. The Morgan fingerprint density at radius 2 is 0.521 bits per heavy atom. The van der Waals surface area contributed by atoms with Gasteiger partial charge in [-0.3, -0.25) is 9.13 Å². The van der Waals surface area contributed by atoms with Gasteiger partial charge in [0.2, 0.25) is 11.9 Å². The van der Waals surface area contributed by atoms with Crippen LogP contribution in [0, 0.1) is 0 Å². The maximum absolute atomic E-state index is 5.99. The Hall–Kier alpha value is -11.1. The van der Waals surface area contributed by atoms with Gasteiger partial charge in [-0.25, -0.2) is 0 Å². The third-order valence-electron chi connectivity index (χ3n) is 19.8. The van der Waals surface area contributed by atoms with Crippen LogP contribution in [0.3, 0.4) is 0 Å². The molecule has 462 valence electrons. The van der Waals surface area contributed by atoms with Gasteiger partial charge in [-0.15, -0.1) is 0 Å². The Morgan fingerprint density at radius 1 is 0.229 bits per heavy atom. The van der Waals surface area contributed by atoms with Crippen LogP contribution >= 0.6 is 0 Å². The third kappa shape index (κ3) is 10.3. The second-order valence-corrected chi connectivity index (χ2v) is 35.2. The van der Waals surface area contributed by atoms with Crippen LogP contribution < -0.4 is 41.5 Å². The van der Waals surface area contributed by atoms with Gasteiger partial charge in [-0.1, -0.05) is 339 Å². The highest BCUT2D eigenvalue weighted by Crippen LogP contribution is 2.39. The van der Waals surface area contributed by atoms with Gasteiger partial charge in [-0.2, -0.15) is 15.0 Å². The summed E-state index contributed by atoms with van der Waals surface area (Å²) in [5, 5.41) is 14.6. The van der Waals surface area contributed by atoms with E-state index in [4.69, 9.17) is 15.0 Å². The van der Waals surface area contributed by atoms with E-state index in [0.717, 1.165) is 49.2 Å². The topological polar surface area (TPSA) is 48.5 Å². The fourth-order valence-electron chi connectivity index (χ4n) is 15.0. The van der Waals surface area contributed by atoms with Crippen LogP contribution in [0.4, 0.5) is 0 Å². The summed E-state index contributed by atoms with van der Waals surface area (Å²) in [6, 6.07) is 125. The third-order valence-corrected chi connectivity index (χ3v) is 29.3. The van der Waals surface area contributed by atoms with Crippen molar-refractivity contribution in [2.75, 3.05) is 0 Å². The van der Waals surface area contributed by atoms with Crippen molar-refractivity contribution >= 4 is 101 Å². The predicted octanol–water partition coefficient (Wildman–Crippen LogP) is 16.4. The molecular formula is C89H73N5Si2. The number of rotatable bonds is 13. The van der Waals surface area contributed by atoms with Crippen molar-refractivity contribution in [3.8, 4) is 45.5 Å². The summed E-state index contributed by atoms with van der Waals surface area (Å²) in [6.07, 6.45) is 0. The smallest absolute Gasteiger partial charge is 0.240 e. The first-order valence-corrected chi connectivity index (χ1v) is 37.4. The van der Waals surface area contributed by atoms with Crippen LogP contribution in [-0.4, -0.2) is 40.2 Å². The molecule has 0 amide bonds. The molecule has 0 aliphatic rings. The van der Waals surface area contributed by atoms with Gasteiger partial charge < -0.3 is 0 Å². The maximum atomic E-state index is 5.99. The second-order valence-electron chi connectivity index (χ2n) is 27.6. The van der Waals surface area contributed by atoms with E-state index in [1.54, 1.807) is 0 Å². The van der Waals surface area contributed by atoms with Crippen LogP contribution in [0.25, 0.3) is 89.2 Å². The number of nitrogens with zero attached hydrogens (tertiary/aromatic N) is 5. The minimum atomic E-state index is -3.43. The Kier molecular flexibility index (Phi) is 15.0. The van der Waals surface area contributed by atoms with E-state index in [0.29, 0.717) is 17.7 Å². The lowest BCUT2D eigenvalue weighted by Gasteiger charge is -2.38. The minimum Gasteiger partial charge on any atom is -0.278 e. The van der Waals surface area contributed by atoms with E-state index in [2.05, 4.69) is 384 Å². The van der Waals surface area contributed by atoms with E-state index >= 15 is 0 Å². The second kappa shape index (κ2) is 24.0. The van der Waals surface area contributed by atoms with E-state index < -0.39 is 16.1 Å². The summed E-state index contributed by atoms with van der Waals surface area (Å²) in [6.45, 7) is 13.8. The average Bonchev–Trinajstić information content (AvgIpc) is 1.57. The quantitative estimate of drug-likeness (QED) is 0.0854. The highest BCUT2D eigenvalue weighted by molar-refractivity contribution is 7.22. The van der Waals surface area contributed by atoms with Crippen LogP contribution in [0.5, 0.6) is 0 Å². The molecule has 0 radical (unpaired) electrons. The van der Waals surface area contributed by atoms with Crippen molar-refractivity contribution in [2.45, 2.75) is 52.4 Å². The van der Waals surface area contributed by atoms with Gasteiger partial charge in [0.05, 0.1) is 22.1 Å².